The van der Waals surface area contributed by atoms with Gasteiger partial charge in [-0.15, -0.1) is 0 Å². The first kappa shape index (κ1) is 27.5. The molecule has 2 heterocycles. The monoisotopic (exact) mass is 524 g/mol. The van der Waals surface area contributed by atoms with E-state index in [-0.39, 0.29) is 5.57 Å². The molecule has 2 fully saturated rings. The predicted octanol–water partition coefficient (Wildman–Crippen LogP) is 1.02. The Morgan fingerprint density at radius 1 is 1.05 bits per heavy atom. The van der Waals surface area contributed by atoms with Crippen LogP contribution in [-0.2, 0) is 14.3 Å². The second-order valence-electron chi connectivity index (χ2n) is 9.43. The number of methoxy groups -OCH3 is 2. The van der Waals surface area contributed by atoms with E-state index < -0.39 is 23.5 Å². The molecule has 9 heteroatoms. The van der Waals surface area contributed by atoms with Gasteiger partial charge in [-0.2, -0.15) is 0 Å². The van der Waals surface area contributed by atoms with E-state index in [1.165, 1.54) is 24.0 Å². The van der Waals surface area contributed by atoms with Crippen LogP contribution in [0.5, 0.6) is 17.2 Å². The second kappa shape index (κ2) is 12.8. The highest BCUT2D eigenvalue weighted by Crippen LogP contribution is 2.41. The molecule has 0 aliphatic carbocycles. The molecule has 2 saturated heterocycles. The van der Waals surface area contributed by atoms with Crippen molar-refractivity contribution in [3.05, 3.63) is 59.2 Å². The summed E-state index contributed by atoms with van der Waals surface area (Å²) in [4.78, 5) is 29.5. The molecule has 38 heavy (non-hydrogen) atoms. The number of hydrogen-bond donors (Lipinski definition) is 1. The highest BCUT2D eigenvalue weighted by Gasteiger charge is 2.44. The molecule has 1 unspecified atom stereocenters. The lowest BCUT2D eigenvalue weighted by Gasteiger charge is -2.29. The molecule has 2 aliphatic heterocycles. The summed E-state index contributed by atoms with van der Waals surface area (Å²) in [5, 5.41) is 13.7. The molecule has 0 radical (unpaired) electrons. The average molecular weight is 525 g/mol. The van der Waals surface area contributed by atoms with Crippen molar-refractivity contribution in [2.24, 2.45) is 0 Å². The van der Waals surface area contributed by atoms with Crippen molar-refractivity contribution in [1.82, 2.24) is 4.90 Å². The number of ether oxygens (including phenoxy) is 4. The number of nitrogens with zero attached hydrogens (tertiary/aromatic N) is 1. The molecule has 1 N–H and O–H groups in total. The van der Waals surface area contributed by atoms with E-state index in [9.17, 15) is 14.7 Å². The number of quaternary nitrogens is 1. The first-order chi connectivity index (χ1) is 18.5. The molecule has 0 aromatic heterocycles. The lowest BCUT2D eigenvalue weighted by molar-refractivity contribution is -0.908. The van der Waals surface area contributed by atoms with Gasteiger partial charge in [0.2, 0.25) is 5.78 Å². The van der Waals surface area contributed by atoms with Gasteiger partial charge in [0.05, 0.1) is 46.6 Å². The normalized spacial score (nSPS) is 19.6. The van der Waals surface area contributed by atoms with Crippen LogP contribution in [0.3, 0.4) is 0 Å². The van der Waals surface area contributed by atoms with Gasteiger partial charge < -0.3 is 33.9 Å². The molecule has 0 saturated carbocycles. The third-order valence-corrected chi connectivity index (χ3v) is 6.97. The number of morpholine rings is 1. The molecule has 1 amide bonds. The lowest BCUT2D eigenvalue weighted by atomic mass is 9.95. The number of ketones is 1. The van der Waals surface area contributed by atoms with E-state index in [0.29, 0.717) is 47.9 Å². The Labute approximate surface area is 223 Å². The Morgan fingerprint density at radius 2 is 1.76 bits per heavy atom. The second-order valence-corrected chi connectivity index (χ2v) is 9.43. The zero-order valence-electron chi connectivity index (χ0n) is 22.3. The van der Waals surface area contributed by atoms with Gasteiger partial charge in [0.15, 0.2) is 11.5 Å². The van der Waals surface area contributed by atoms with E-state index >= 15 is 0 Å². The van der Waals surface area contributed by atoms with Gasteiger partial charge in [-0.1, -0.05) is 30.9 Å². The van der Waals surface area contributed by atoms with E-state index in [4.69, 9.17) is 18.9 Å². The average Bonchev–Trinajstić information content (AvgIpc) is 3.21. The summed E-state index contributed by atoms with van der Waals surface area (Å²) in [6.45, 7) is 7.06. The van der Waals surface area contributed by atoms with Gasteiger partial charge in [0.25, 0.3) is 5.91 Å². The fourth-order valence-electron chi connectivity index (χ4n) is 4.96. The number of likely N-dealkylation sites (tertiary alicyclic amines) is 1. The first-order valence-electron chi connectivity index (χ1n) is 13.1. The van der Waals surface area contributed by atoms with Crippen LogP contribution < -0.4 is 24.2 Å². The quantitative estimate of drug-likeness (QED) is 0.266. The van der Waals surface area contributed by atoms with Crippen molar-refractivity contribution in [3.63, 3.8) is 0 Å². The van der Waals surface area contributed by atoms with Gasteiger partial charge in [-0.3, -0.25) is 9.59 Å². The fourth-order valence-corrected chi connectivity index (χ4v) is 4.96. The standard InChI is InChI=1S/C29H36N2O7/c1-4-16-38-22-9-6-20(7-10-22)27(32)25-26(21-8-11-23(35-2)24(19-21)36-3)31(29(34)28(25)33)13-5-12-30-14-17-37-18-15-30/h6-11,19,26,32H,4-5,12-18H2,1-3H3. The highest BCUT2D eigenvalue weighted by molar-refractivity contribution is 6.46. The topological polar surface area (TPSA) is 102 Å². The van der Waals surface area contributed by atoms with E-state index in [1.54, 1.807) is 42.5 Å². The maximum atomic E-state index is 13.7. The number of carbonyl (C=O) groups excluding carboxylic acids is 2. The minimum Gasteiger partial charge on any atom is -0.872 e. The fraction of sp³-hybridized carbons (Fsp3) is 0.448. The molecule has 4 rings (SSSR count). The van der Waals surface area contributed by atoms with Crippen LogP contribution in [0.4, 0.5) is 0 Å². The Balaban J connectivity index is 1.69. The summed E-state index contributed by atoms with van der Waals surface area (Å²) in [7, 11) is 3.06. The molecule has 204 valence electrons. The van der Waals surface area contributed by atoms with Crippen LogP contribution in [0.2, 0.25) is 0 Å². The zero-order valence-corrected chi connectivity index (χ0v) is 22.3. The first-order valence-corrected chi connectivity index (χ1v) is 13.1. The minimum absolute atomic E-state index is 0.0526. The smallest absolute Gasteiger partial charge is 0.295 e. The van der Waals surface area contributed by atoms with Gasteiger partial charge in [-0.25, -0.2) is 0 Å². The van der Waals surface area contributed by atoms with Crippen molar-refractivity contribution in [3.8, 4) is 17.2 Å². The molecule has 2 aromatic rings. The lowest BCUT2D eigenvalue weighted by Crippen LogP contribution is -3.14. The molecule has 2 aromatic carbocycles. The van der Waals surface area contributed by atoms with Gasteiger partial charge >= 0.3 is 0 Å². The van der Waals surface area contributed by atoms with E-state index in [2.05, 4.69) is 0 Å². The number of Topliss-reactive ketones (excluding diaryl/α,β-unsaturated/α-hetero) is 1. The number of benzene rings is 2. The number of amides is 1. The van der Waals surface area contributed by atoms with Crippen LogP contribution in [0, 0.1) is 0 Å². The summed E-state index contributed by atoms with van der Waals surface area (Å²) in [5.41, 5.74) is 0.894. The number of hydrogen-bond acceptors (Lipinski definition) is 7. The Bertz CT molecular complexity index is 1160. The van der Waals surface area contributed by atoms with Crippen molar-refractivity contribution in [1.29, 1.82) is 0 Å². The summed E-state index contributed by atoms with van der Waals surface area (Å²) >= 11 is 0. The largest absolute Gasteiger partial charge is 0.872 e. The minimum atomic E-state index is -0.821. The van der Waals surface area contributed by atoms with E-state index in [0.717, 1.165) is 39.3 Å². The number of rotatable bonds is 11. The molecular formula is C29H36N2O7. The van der Waals surface area contributed by atoms with E-state index in [1.807, 2.05) is 6.92 Å². The Morgan fingerprint density at radius 3 is 2.42 bits per heavy atom. The highest BCUT2D eigenvalue weighted by atomic mass is 16.5. The molecule has 2 aliphatic rings. The molecule has 0 bridgehead atoms. The maximum absolute atomic E-state index is 13.7. The summed E-state index contributed by atoms with van der Waals surface area (Å²) in [6.07, 6.45) is 1.56. The van der Waals surface area contributed by atoms with Crippen LogP contribution in [0.25, 0.3) is 5.76 Å². The number of nitrogens with one attached hydrogen (secondary N) is 1. The molecule has 9 nitrogen and oxygen atoms in total. The van der Waals surface area contributed by atoms with Gasteiger partial charge in [-0.05, 0) is 41.8 Å². The molecular weight excluding hydrogens is 488 g/mol. The molecule has 1 atom stereocenters. The Hall–Kier alpha value is -3.56. The number of carbonyl (C=O) groups is 2. The predicted molar refractivity (Wildman–Crippen MR) is 139 cm³/mol. The van der Waals surface area contributed by atoms with Crippen LogP contribution in [0.15, 0.2) is 48.0 Å². The van der Waals surface area contributed by atoms with Gasteiger partial charge in [0.1, 0.15) is 18.8 Å². The zero-order chi connectivity index (χ0) is 27.1. The van der Waals surface area contributed by atoms with Gasteiger partial charge in [0, 0.05) is 18.5 Å². The van der Waals surface area contributed by atoms with Crippen molar-refractivity contribution < 1.29 is 38.5 Å². The third kappa shape index (κ3) is 5.95. The maximum Gasteiger partial charge on any atom is 0.295 e. The van der Waals surface area contributed by atoms with Crippen LogP contribution in [0.1, 0.15) is 36.9 Å². The summed E-state index contributed by atoms with van der Waals surface area (Å²) in [5.74, 6) is -0.270. The summed E-state index contributed by atoms with van der Waals surface area (Å²) in [6, 6.07) is 11.1. The molecule has 0 spiro atoms. The summed E-state index contributed by atoms with van der Waals surface area (Å²) < 4.78 is 21.9. The van der Waals surface area contributed by atoms with Crippen LogP contribution >= 0.6 is 0 Å². The van der Waals surface area contributed by atoms with Crippen molar-refractivity contribution >= 4 is 17.4 Å². The third-order valence-electron chi connectivity index (χ3n) is 6.97. The van der Waals surface area contributed by atoms with Crippen molar-refractivity contribution in [2.75, 3.05) is 60.2 Å². The SMILES string of the molecule is CCCOc1ccc(C([O-])=C2C(=O)C(=O)N(CCC[NH+]3CCOCC3)C2c2ccc(OC)c(OC)c2)cc1. The van der Waals surface area contributed by atoms with Crippen LogP contribution in [-0.4, -0.2) is 76.8 Å². The Kier molecular flexibility index (Phi) is 9.25. The van der Waals surface area contributed by atoms with Crippen molar-refractivity contribution in [2.45, 2.75) is 25.8 Å².